The molecule has 0 aromatic heterocycles. The Morgan fingerprint density at radius 1 is 1.46 bits per heavy atom. The highest BCUT2D eigenvalue weighted by atomic mass is 19.3. The molecule has 3 N–H and O–H groups in total. The monoisotopic (exact) mass is 369 g/mol. The van der Waals surface area contributed by atoms with E-state index in [1.165, 1.54) is 0 Å². The number of halogens is 3. The number of hydrogen-bond acceptors (Lipinski definition) is 4. The lowest BCUT2D eigenvalue weighted by atomic mass is 9.86. The van der Waals surface area contributed by atoms with Crippen molar-refractivity contribution in [1.82, 2.24) is 10.6 Å². The third-order valence-corrected chi connectivity index (χ3v) is 3.73. The molecule has 0 bridgehead atoms. The van der Waals surface area contributed by atoms with Gasteiger partial charge in [0.25, 0.3) is 11.9 Å². The fourth-order valence-electron chi connectivity index (χ4n) is 2.30. The number of carbonyl (C=O) groups is 2. The van der Waals surface area contributed by atoms with Gasteiger partial charge in [-0.25, -0.2) is 19.5 Å². The Morgan fingerprint density at radius 2 is 2.15 bits per heavy atom. The van der Waals surface area contributed by atoms with E-state index in [-0.39, 0.29) is 12.1 Å². The number of alkyl halides is 2. The Hall–Kier alpha value is -3.22. The van der Waals surface area contributed by atoms with E-state index in [1.54, 1.807) is 5.32 Å². The molecule has 1 aromatic rings. The van der Waals surface area contributed by atoms with Crippen LogP contribution in [0.15, 0.2) is 23.2 Å². The van der Waals surface area contributed by atoms with Crippen LogP contribution in [0.3, 0.4) is 0 Å². The topological polar surface area (TPSA) is 100 Å². The van der Waals surface area contributed by atoms with Crippen LogP contribution in [-0.4, -0.2) is 42.1 Å². The number of amidine groups is 1. The van der Waals surface area contributed by atoms with Crippen molar-refractivity contribution >= 4 is 18.0 Å². The largest absolute Gasteiger partial charge is 0.465 e. The summed E-state index contributed by atoms with van der Waals surface area (Å²) >= 11 is 0. The summed E-state index contributed by atoms with van der Waals surface area (Å²) in [6, 6.07) is 2.13. The molecule has 26 heavy (non-hydrogen) atoms. The van der Waals surface area contributed by atoms with Crippen molar-refractivity contribution in [2.24, 2.45) is 4.99 Å². The molecule has 1 aliphatic rings. The van der Waals surface area contributed by atoms with E-state index in [4.69, 9.17) is 16.3 Å². The molecule has 2 rings (SSSR count). The van der Waals surface area contributed by atoms with Gasteiger partial charge in [-0.3, -0.25) is 4.79 Å². The van der Waals surface area contributed by atoms with E-state index in [0.29, 0.717) is 0 Å². The molecule has 0 fully saturated rings. The average Bonchev–Trinajstić information content (AvgIpc) is 2.56. The summed E-state index contributed by atoms with van der Waals surface area (Å²) in [7, 11) is 0. The highest BCUT2D eigenvalue weighted by Gasteiger charge is 2.58. The van der Waals surface area contributed by atoms with Crippen molar-refractivity contribution in [1.29, 1.82) is 0 Å². The van der Waals surface area contributed by atoms with Gasteiger partial charge < -0.3 is 15.2 Å². The molecule has 0 saturated carbocycles. The molecule has 0 unspecified atom stereocenters. The summed E-state index contributed by atoms with van der Waals surface area (Å²) in [6.07, 6.45) is 3.44. The Morgan fingerprint density at radius 3 is 2.77 bits per heavy atom. The smallest absolute Gasteiger partial charge is 0.412 e. The standard InChI is InChI=1S/C16H14F3N3O4/c1-3-6-20-12(23)9-4-5-11(17)10(7-9)15(2)16(18,19)8-21-13(26-15)22-14(24)25/h1,4-5,7H,6,8H2,2H3,(H,20,23)(H,21,22)(H,24,25)/t15-/m1/s1. The summed E-state index contributed by atoms with van der Waals surface area (Å²) in [6.45, 7) is -0.354. The molecular weight excluding hydrogens is 355 g/mol. The maximum Gasteiger partial charge on any atom is 0.412 e. The molecule has 1 aliphatic heterocycles. The average molecular weight is 369 g/mol. The summed E-state index contributed by atoms with van der Waals surface area (Å²) in [5.74, 6) is -3.25. The third-order valence-electron chi connectivity index (χ3n) is 3.73. The number of carbonyl (C=O) groups excluding carboxylic acids is 1. The van der Waals surface area contributed by atoms with Crippen molar-refractivity contribution in [3.05, 3.63) is 35.1 Å². The van der Waals surface area contributed by atoms with Crippen LogP contribution in [0, 0.1) is 18.2 Å². The number of benzene rings is 1. The van der Waals surface area contributed by atoms with Crippen LogP contribution >= 0.6 is 0 Å². The molecule has 1 heterocycles. The molecule has 0 aliphatic carbocycles. The van der Waals surface area contributed by atoms with E-state index in [9.17, 15) is 22.8 Å². The van der Waals surface area contributed by atoms with Gasteiger partial charge in [-0.15, -0.1) is 6.42 Å². The minimum Gasteiger partial charge on any atom is -0.465 e. The van der Waals surface area contributed by atoms with Gasteiger partial charge in [0.15, 0.2) is 0 Å². The van der Waals surface area contributed by atoms with Gasteiger partial charge in [-0.1, -0.05) is 5.92 Å². The Labute approximate surface area is 146 Å². The lowest BCUT2D eigenvalue weighted by Crippen LogP contribution is -2.55. The Kier molecular flexibility index (Phi) is 5.11. The summed E-state index contributed by atoms with van der Waals surface area (Å²) in [5, 5.41) is 12.7. The third kappa shape index (κ3) is 3.56. The van der Waals surface area contributed by atoms with E-state index >= 15 is 0 Å². The van der Waals surface area contributed by atoms with Crippen LogP contribution in [0.2, 0.25) is 0 Å². The number of terminal acetylenes is 1. The minimum atomic E-state index is -3.68. The Bertz CT molecular complexity index is 819. The number of nitrogens with zero attached hydrogens (tertiary/aromatic N) is 1. The van der Waals surface area contributed by atoms with E-state index < -0.39 is 47.5 Å². The van der Waals surface area contributed by atoms with Crippen LogP contribution in [-0.2, 0) is 10.3 Å². The number of aliphatic imine (C=N–C) groups is 1. The predicted octanol–water partition coefficient (Wildman–Crippen LogP) is 1.69. The first-order chi connectivity index (χ1) is 12.1. The first kappa shape index (κ1) is 19.1. The quantitative estimate of drug-likeness (QED) is 0.706. The van der Waals surface area contributed by atoms with E-state index in [1.807, 2.05) is 0 Å². The number of nitrogens with one attached hydrogen (secondary N) is 2. The summed E-state index contributed by atoms with van der Waals surface area (Å²) in [5.41, 5.74) is -3.35. The lowest BCUT2D eigenvalue weighted by molar-refractivity contribution is -0.174. The maximum atomic E-state index is 14.5. The van der Waals surface area contributed by atoms with Crippen molar-refractivity contribution < 1.29 is 32.6 Å². The zero-order valence-electron chi connectivity index (χ0n) is 13.5. The number of hydrogen-bond donors (Lipinski definition) is 3. The van der Waals surface area contributed by atoms with Crippen LogP contribution in [0.4, 0.5) is 18.0 Å². The van der Waals surface area contributed by atoms with Crippen LogP contribution < -0.4 is 10.6 Å². The van der Waals surface area contributed by atoms with Gasteiger partial charge >= 0.3 is 12.0 Å². The molecule has 0 spiro atoms. The second-order valence-electron chi connectivity index (χ2n) is 5.47. The van der Waals surface area contributed by atoms with Crippen LogP contribution in [0.1, 0.15) is 22.8 Å². The van der Waals surface area contributed by atoms with Crippen LogP contribution in [0.5, 0.6) is 0 Å². The van der Waals surface area contributed by atoms with Gasteiger partial charge in [-0.05, 0) is 25.1 Å². The first-order valence-electron chi connectivity index (χ1n) is 7.23. The molecule has 0 radical (unpaired) electrons. The van der Waals surface area contributed by atoms with Crippen molar-refractivity contribution in [2.45, 2.75) is 18.4 Å². The van der Waals surface area contributed by atoms with Crippen molar-refractivity contribution in [2.75, 3.05) is 13.1 Å². The zero-order chi connectivity index (χ0) is 19.5. The van der Waals surface area contributed by atoms with Gasteiger partial charge in [0, 0.05) is 11.1 Å². The minimum absolute atomic E-state index is 0.102. The fourth-order valence-corrected chi connectivity index (χ4v) is 2.30. The summed E-state index contributed by atoms with van der Waals surface area (Å²) < 4.78 is 48.2. The number of carboxylic acid groups (broad SMARTS) is 1. The lowest BCUT2D eigenvalue weighted by Gasteiger charge is -2.40. The SMILES string of the molecule is C#CCNC(=O)c1ccc(F)c([C@@]2(C)OC(NC(=O)O)=NCC2(F)F)c1. The predicted molar refractivity (Wildman–Crippen MR) is 84.4 cm³/mol. The molecule has 1 atom stereocenters. The molecule has 1 aromatic carbocycles. The van der Waals surface area contributed by atoms with Gasteiger partial charge in [0.1, 0.15) is 12.4 Å². The van der Waals surface area contributed by atoms with Crippen molar-refractivity contribution in [3.8, 4) is 12.3 Å². The van der Waals surface area contributed by atoms with E-state index in [2.05, 4.69) is 16.2 Å². The second kappa shape index (κ2) is 6.95. The maximum absolute atomic E-state index is 14.5. The molecule has 138 valence electrons. The molecule has 0 saturated heterocycles. The number of ether oxygens (including phenoxy) is 1. The molecular formula is C16H14F3N3O4. The Balaban J connectivity index is 2.46. The highest BCUT2D eigenvalue weighted by Crippen LogP contribution is 2.44. The van der Waals surface area contributed by atoms with Gasteiger partial charge in [0.2, 0.25) is 5.60 Å². The summed E-state index contributed by atoms with van der Waals surface area (Å²) in [4.78, 5) is 25.9. The van der Waals surface area contributed by atoms with Gasteiger partial charge in [-0.2, -0.15) is 8.78 Å². The van der Waals surface area contributed by atoms with Crippen LogP contribution in [0.25, 0.3) is 0 Å². The molecule has 10 heteroatoms. The molecule has 2 amide bonds. The second-order valence-corrected chi connectivity index (χ2v) is 5.47. The first-order valence-corrected chi connectivity index (χ1v) is 7.23. The fraction of sp³-hybridized carbons (Fsp3) is 0.312. The van der Waals surface area contributed by atoms with E-state index in [0.717, 1.165) is 25.1 Å². The number of amides is 2. The molecule has 7 nitrogen and oxygen atoms in total. The van der Waals surface area contributed by atoms with Crippen molar-refractivity contribution in [3.63, 3.8) is 0 Å². The highest BCUT2D eigenvalue weighted by molar-refractivity contribution is 5.94. The zero-order valence-corrected chi connectivity index (χ0v) is 13.5. The van der Waals surface area contributed by atoms with Gasteiger partial charge in [0.05, 0.1) is 6.54 Å². The number of rotatable bonds is 3. The normalized spacial score (nSPS) is 21.0.